The Morgan fingerprint density at radius 3 is 2.59 bits per heavy atom. The van der Waals surface area contributed by atoms with Crippen LogP contribution in [0, 0.1) is 17.8 Å². The molecule has 1 aliphatic heterocycles. The molecule has 6 nitrogen and oxygen atoms in total. The molecule has 4 atom stereocenters. The summed E-state index contributed by atoms with van der Waals surface area (Å²) in [6.07, 6.45) is 3.85. The third-order valence-corrected chi connectivity index (χ3v) is 10.0. The van der Waals surface area contributed by atoms with Crippen LogP contribution in [0.3, 0.4) is 0 Å². The molecule has 0 spiro atoms. The van der Waals surface area contributed by atoms with Crippen molar-refractivity contribution in [3.63, 3.8) is 0 Å². The highest BCUT2D eigenvalue weighted by molar-refractivity contribution is 9.12. The second-order valence-electron chi connectivity index (χ2n) is 10.5. The molecule has 0 radical (unpaired) electrons. The molecule has 2 amide bonds. The van der Waals surface area contributed by atoms with Crippen LogP contribution in [-0.4, -0.2) is 33.4 Å². The number of imide groups is 1. The fourth-order valence-electron chi connectivity index (χ4n) is 6.90. The number of ketones is 2. The van der Waals surface area contributed by atoms with Crippen molar-refractivity contribution < 1.29 is 24.3 Å². The SMILES string of the molecule is O=C1C=C(Br)C(=O)C2=C1C(c1c(O)ccc3ccccc13)C1=CCC3C(=O)N(Cc4cccs4)C(=O)C3C1C2. The Bertz CT molecular complexity index is 1720. The molecule has 3 aliphatic carbocycles. The number of fused-ring (bicyclic) bond motifs is 4. The number of phenolic OH excluding ortho intramolecular Hbond substituents is 1. The van der Waals surface area contributed by atoms with E-state index in [0.717, 1.165) is 21.2 Å². The minimum Gasteiger partial charge on any atom is -0.508 e. The predicted octanol–water partition coefficient (Wildman–Crippen LogP) is 5.57. The van der Waals surface area contributed by atoms with Crippen molar-refractivity contribution in [2.45, 2.75) is 25.3 Å². The van der Waals surface area contributed by atoms with Crippen LogP contribution in [0.4, 0.5) is 0 Å². The molecule has 4 unspecified atom stereocenters. The Hall–Kier alpha value is -3.62. The Morgan fingerprint density at radius 2 is 1.79 bits per heavy atom. The van der Waals surface area contributed by atoms with E-state index in [0.29, 0.717) is 23.1 Å². The van der Waals surface area contributed by atoms with E-state index in [2.05, 4.69) is 15.9 Å². The summed E-state index contributed by atoms with van der Waals surface area (Å²) >= 11 is 4.76. The first-order valence-electron chi connectivity index (χ1n) is 12.8. The van der Waals surface area contributed by atoms with Gasteiger partial charge in [-0.15, -0.1) is 11.3 Å². The summed E-state index contributed by atoms with van der Waals surface area (Å²) in [5, 5.41) is 14.8. The van der Waals surface area contributed by atoms with E-state index in [4.69, 9.17) is 0 Å². The molecule has 1 N–H and O–H groups in total. The second kappa shape index (κ2) is 8.96. The summed E-state index contributed by atoms with van der Waals surface area (Å²) in [6, 6.07) is 14.8. The van der Waals surface area contributed by atoms with Crippen molar-refractivity contribution in [1.29, 1.82) is 0 Å². The van der Waals surface area contributed by atoms with Gasteiger partial charge in [0.25, 0.3) is 0 Å². The zero-order valence-electron chi connectivity index (χ0n) is 20.6. The molecular weight excluding hydrogens is 578 g/mol. The van der Waals surface area contributed by atoms with Gasteiger partial charge in [-0.05, 0) is 63.0 Å². The van der Waals surface area contributed by atoms with Gasteiger partial charge in [0.2, 0.25) is 11.8 Å². The number of aromatic hydroxyl groups is 1. The molecule has 194 valence electrons. The van der Waals surface area contributed by atoms with E-state index in [1.165, 1.54) is 22.3 Å². The zero-order chi connectivity index (χ0) is 27.0. The topological polar surface area (TPSA) is 91.8 Å². The molecule has 3 aromatic rings. The van der Waals surface area contributed by atoms with E-state index in [1.54, 1.807) is 6.07 Å². The van der Waals surface area contributed by atoms with Crippen molar-refractivity contribution in [2.75, 3.05) is 0 Å². The van der Waals surface area contributed by atoms with Gasteiger partial charge in [-0.25, -0.2) is 0 Å². The Morgan fingerprint density at radius 1 is 0.974 bits per heavy atom. The molecule has 4 aliphatic rings. The summed E-state index contributed by atoms with van der Waals surface area (Å²) in [7, 11) is 0. The molecule has 8 heteroatoms. The van der Waals surface area contributed by atoms with E-state index in [1.807, 2.05) is 53.9 Å². The number of nitrogens with zero attached hydrogens (tertiary/aromatic N) is 1. The van der Waals surface area contributed by atoms with Gasteiger partial charge in [-0.3, -0.25) is 24.1 Å². The van der Waals surface area contributed by atoms with E-state index in [-0.39, 0.29) is 46.6 Å². The highest BCUT2D eigenvalue weighted by atomic mass is 79.9. The Kier molecular flexibility index (Phi) is 5.61. The number of benzene rings is 2. The fourth-order valence-corrected chi connectivity index (χ4v) is 8.04. The maximum Gasteiger partial charge on any atom is 0.234 e. The number of hydrogen-bond donors (Lipinski definition) is 1. The Labute approximate surface area is 236 Å². The quantitative estimate of drug-likeness (QED) is 0.241. The van der Waals surface area contributed by atoms with Crippen LogP contribution in [0.1, 0.15) is 29.2 Å². The average Bonchev–Trinajstić information content (AvgIpc) is 3.53. The first-order valence-corrected chi connectivity index (χ1v) is 14.5. The molecule has 2 heterocycles. The summed E-state index contributed by atoms with van der Waals surface area (Å²) in [5.74, 6) is -3.25. The molecule has 1 aromatic heterocycles. The summed E-state index contributed by atoms with van der Waals surface area (Å²) < 4.78 is 0.181. The van der Waals surface area contributed by atoms with Gasteiger partial charge in [-0.1, -0.05) is 48.0 Å². The second-order valence-corrected chi connectivity index (χ2v) is 12.3. The predicted molar refractivity (Wildman–Crippen MR) is 150 cm³/mol. The number of halogens is 1. The number of allylic oxidation sites excluding steroid dienone is 6. The maximum atomic E-state index is 13.9. The number of Topliss-reactive ketones (excluding diaryl/α,β-unsaturated/α-hetero) is 1. The lowest BCUT2D eigenvalue weighted by Crippen LogP contribution is -2.39. The van der Waals surface area contributed by atoms with Crippen LogP contribution in [0.5, 0.6) is 5.75 Å². The Balaban J connectivity index is 1.41. The van der Waals surface area contributed by atoms with Gasteiger partial charge >= 0.3 is 0 Å². The first kappa shape index (κ1) is 24.4. The van der Waals surface area contributed by atoms with Crippen LogP contribution in [0.15, 0.2) is 87.3 Å². The molecule has 7 rings (SSSR count). The molecule has 1 saturated heterocycles. The largest absolute Gasteiger partial charge is 0.508 e. The highest BCUT2D eigenvalue weighted by Crippen LogP contribution is 2.57. The van der Waals surface area contributed by atoms with Gasteiger partial charge in [0.1, 0.15) is 5.75 Å². The zero-order valence-corrected chi connectivity index (χ0v) is 23.0. The van der Waals surface area contributed by atoms with Gasteiger partial charge < -0.3 is 5.11 Å². The van der Waals surface area contributed by atoms with Crippen molar-refractivity contribution in [2.24, 2.45) is 17.8 Å². The third-order valence-electron chi connectivity index (χ3n) is 8.55. The van der Waals surface area contributed by atoms with Crippen molar-refractivity contribution in [3.05, 3.63) is 97.7 Å². The summed E-state index contributed by atoms with van der Waals surface area (Å²) in [4.78, 5) is 56.6. The van der Waals surface area contributed by atoms with E-state index in [9.17, 15) is 24.3 Å². The van der Waals surface area contributed by atoms with Gasteiger partial charge in [0.15, 0.2) is 11.6 Å². The smallest absolute Gasteiger partial charge is 0.234 e. The minimum absolute atomic E-state index is 0.0243. The lowest BCUT2D eigenvalue weighted by atomic mass is 9.59. The molecule has 2 aromatic carbocycles. The number of amides is 2. The van der Waals surface area contributed by atoms with Crippen molar-refractivity contribution >= 4 is 61.4 Å². The van der Waals surface area contributed by atoms with Gasteiger partial charge in [-0.2, -0.15) is 0 Å². The van der Waals surface area contributed by atoms with Gasteiger partial charge in [0.05, 0.1) is 22.9 Å². The number of carbonyl (C=O) groups is 4. The van der Waals surface area contributed by atoms with Crippen molar-refractivity contribution in [3.8, 4) is 5.75 Å². The van der Waals surface area contributed by atoms with Crippen LogP contribution >= 0.6 is 27.3 Å². The molecule has 0 saturated carbocycles. The number of likely N-dealkylation sites (tertiary alicyclic amines) is 1. The minimum atomic E-state index is -0.701. The normalized spacial score (nSPS) is 26.4. The fraction of sp³-hybridized carbons (Fsp3) is 0.226. The molecule has 0 bridgehead atoms. The summed E-state index contributed by atoms with van der Waals surface area (Å²) in [5.41, 5.74) is 2.08. The van der Waals surface area contributed by atoms with Crippen LogP contribution in [0.2, 0.25) is 0 Å². The van der Waals surface area contributed by atoms with Crippen molar-refractivity contribution in [1.82, 2.24) is 4.90 Å². The highest BCUT2D eigenvalue weighted by Gasteiger charge is 2.56. The van der Waals surface area contributed by atoms with Gasteiger partial charge in [0, 0.05) is 33.6 Å². The first-order chi connectivity index (χ1) is 18.8. The monoisotopic (exact) mass is 599 g/mol. The van der Waals surface area contributed by atoms with E-state index >= 15 is 0 Å². The van der Waals surface area contributed by atoms with Crippen LogP contribution < -0.4 is 0 Å². The maximum absolute atomic E-state index is 13.9. The number of rotatable bonds is 3. The molecule has 1 fully saturated rings. The number of phenols is 1. The van der Waals surface area contributed by atoms with Crippen LogP contribution in [-0.2, 0) is 25.7 Å². The third kappa shape index (κ3) is 3.58. The average molecular weight is 600 g/mol. The number of hydrogen-bond acceptors (Lipinski definition) is 6. The lowest BCUT2D eigenvalue weighted by molar-refractivity contribution is -0.140. The molecule has 39 heavy (non-hydrogen) atoms. The number of carbonyl (C=O) groups excluding carboxylic acids is 4. The number of thiophene rings is 1. The lowest BCUT2D eigenvalue weighted by Gasteiger charge is -2.42. The molecular formula is C31H22BrNO5S. The van der Waals surface area contributed by atoms with Crippen LogP contribution in [0.25, 0.3) is 10.8 Å². The summed E-state index contributed by atoms with van der Waals surface area (Å²) in [6.45, 7) is 0.234. The van der Waals surface area contributed by atoms with E-state index < -0.39 is 23.7 Å². The standard InChI is InChI=1S/C31H22BrNO5S/c32-22-13-24(35)27-21(29(22)36)12-20-18(28(27)26-17-6-2-1-4-15(17)7-10-23(26)34)8-9-19-25(20)31(38)33(30(19)37)14-16-5-3-11-39-16/h1-8,10-11,13,19-20,25,28,34H,9,12,14H2.